The lowest BCUT2D eigenvalue weighted by molar-refractivity contribution is -0.117. The average Bonchev–Trinajstić information content (AvgIpc) is 4.00. The molecule has 63 heavy (non-hydrogen) atoms. The van der Waals surface area contributed by atoms with Crippen LogP contribution in [0.3, 0.4) is 0 Å². The SMILES string of the molecule is CN(C)CC(=O)Nc1ccc(-c2cn(Cc3cc(Cn4cc(-c5ccc(NC(=O)CN(C)C)cc5)nn4)cc(Cn4cc(-c5ccc(NC(=O)CN(C)C)cc5)nn4)c3)nn2)cc1. The number of nitrogens with zero attached hydrogens (tertiary/aromatic N) is 12. The molecule has 18 heteroatoms. The van der Waals surface area contributed by atoms with Crippen LogP contribution in [0.1, 0.15) is 16.7 Å². The van der Waals surface area contributed by atoms with Crippen LogP contribution in [0.25, 0.3) is 33.8 Å². The van der Waals surface area contributed by atoms with Gasteiger partial charge in [0, 0.05) is 33.8 Å². The smallest absolute Gasteiger partial charge is 0.238 e. The molecule has 0 saturated carbocycles. The first-order chi connectivity index (χ1) is 30.3. The van der Waals surface area contributed by atoms with Crippen LogP contribution in [0.4, 0.5) is 17.1 Å². The Morgan fingerprint density at radius 3 is 0.921 bits per heavy atom. The van der Waals surface area contributed by atoms with Crippen molar-refractivity contribution in [3.05, 3.63) is 126 Å². The predicted octanol–water partition coefficient (Wildman–Crippen LogP) is 4.11. The van der Waals surface area contributed by atoms with E-state index in [-0.39, 0.29) is 17.7 Å². The van der Waals surface area contributed by atoms with Crippen molar-refractivity contribution in [2.24, 2.45) is 0 Å². The van der Waals surface area contributed by atoms with Crippen LogP contribution in [-0.2, 0) is 34.0 Å². The maximum atomic E-state index is 12.2. The second-order valence-corrected chi connectivity index (χ2v) is 16.2. The minimum atomic E-state index is -0.0866. The van der Waals surface area contributed by atoms with E-state index in [1.807, 2.05) is 148 Å². The van der Waals surface area contributed by atoms with Crippen LogP contribution in [0.5, 0.6) is 0 Å². The second-order valence-electron chi connectivity index (χ2n) is 16.2. The predicted molar refractivity (Wildman–Crippen MR) is 242 cm³/mol. The molecular formula is C45H51N15O3. The van der Waals surface area contributed by atoms with Crippen molar-refractivity contribution in [1.29, 1.82) is 0 Å². The zero-order valence-electron chi connectivity index (χ0n) is 36.2. The Labute approximate surface area is 365 Å². The number of aromatic nitrogens is 9. The van der Waals surface area contributed by atoms with Gasteiger partial charge in [0.05, 0.1) is 57.9 Å². The van der Waals surface area contributed by atoms with Crippen LogP contribution in [0, 0.1) is 0 Å². The van der Waals surface area contributed by atoms with Gasteiger partial charge in [-0.2, -0.15) is 0 Å². The van der Waals surface area contributed by atoms with Crippen molar-refractivity contribution < 1.29 is 14.4 Å². The molecule has 0 unspecified atom stereocenters. The fourth-order valence-electron chi connectivity index (χ4n) is 6.83. The molecule has 0 spiro atoms. The van der Waals surface area contributed by atoms with Gasteiger partial charge in [-0.1, -0.05) is 70.2 Å². The first kappa shape index (κ1) is 43.7. The van der Waals surface area contributed by atoms with E-state index in [0.29, 0.717) is 73.4 Å². The van der Waals surface area contributed by atoms with Crippen LogP contribution in [-0.4, -0.2) is 139 Å². The molecule has 3 N–H and O–H groups in total. The van der Waals surface area contributed by atoms with Gasteiger partial charge in [-0.15, -0.1) is 15.3 Å². The zero-order chi connectivity index (χ0) is 44.5. The molecule has 324 valence electrons. The molecule has 0 bridgehead atoms. The minimum Gasteiger partial charge on any atom is -0.325 e. The van der Waals surface area contributed by atoms with Crippen LogP contribution in [0.2, 0.25) is 0 Å². The molecule has 0 saturated heterocycles. The lowest BCUT2D eigenvalue weighted by Crippen LogP contribution is -2.27. The van der Waals surface area contributed by atoms with E-state index in [2.05, 4.69) is 65.1 Å². The summed E-state index contributed by atoms with van der Waals surface area (Å²) in [7, 11) is 11.1. The second kappa shape index (κ2) is 20.0. The summed E-state index contributed by atoms with van der Waals surface area (Å²) in [6.07, 6.45) is 5.70. The maximum Gasteiger partial charge on any atom is 0.238 e. The highest BCUT2D eigenvalue weighted by Crippen LogP contribution is 2.24. The Morgan fingerprint density at radius 2 is 0.683 bits per heavy atom. The van der Waals surface area contributed by atoms with Crippen molar-refractivity contribution in [3.63, 3.8) is 0 Å². The summed E-state index contributed by atoms with van der Waals surface area (Å²) >= 11 is 0. The number of anilines is 3. The van der Waals surface area contributed by atoms with Crippen molar-refractivity contribution in [2.45, 2.75) is 19.6 Å². The van der Waals surface area contributed by atoms with Crippen molar-refractivity contribution in [1.82, 2.24) is 59.7 Å². The maximum absolute atomic E-state index is 12.2. The average molecular weight is 850 g/mol. The van der Waals surface area contributed by atoms with E-state index in [9.17, 15) is 14.4 Å². The lowest BCUT2D eigenvalue weighted by Gasteiger charge is -2.11. The van der Waals surface area contributed by atoms with Gasteiger partial charge in [0.1, 0.15) is 17.1 Å². The van der Waals surface area contributed by atoms with E-state index >= 15 is 0 Å². The number of hydrogen-bond acceptors (Lipinski definition) is 12. The number of likely N-dealkylation sites (N-methyl/N-ethyl adjacent to an activating group) is 3. The normalized spacial score (nSPS) is 11.4. The van der Waals surface area contributed by atoms with Crippen molar-refractivity contribution >= 4 is 34.8 Å². The lowest BCUT2D eigenvalue weighted by atomic mass is 10.0. The van der Waals surface area contributed by atoms with Gasteiger partial charge in [0.15, 0.2) is 0 Å². The third-order valence-electron chi connectivity index (χ3n) is 9.53. The first-order valence-electron chi connectivity index (χ1n) is 20.3. The van der Waals surface area contributed by atoms with Gasteiger partial charge in [0.25, 0.3) is 0 Å². The molecule has 0 aliphatic carbocycles. The number of benzene rings is 4. The highest BCUT2D eigenvalue weighted by molar-refractivity contribution is 5.93. The van der Waals surface area contributed by atoms with E-state index in [1.54, 1.807) is 14.0 Å². The summed E-state index contributed by atoms with van der Waals surface area (Å²) in [6.45, 7) is 2.24. The molecule has 7 aromatic rings. The molecule has 0 atom stereocenters. The van der Waals surface area contributed by atoms with Crippen LogP contribution >= 0.6 is 0 Å². The largest absolute Gasteiger partial charge is 0.325 e. The summed E-state index contributed by atoms with van der Waals surface area (Å²) in [5.41, 5.74) is 9.85. The number of hydrogen-bond donors (Lipinski definition) is 3. The van der Waals surface area contributed by atoms with Crippen molar-refractivity contribution in [2.75, 3.05) is 77.9 Å². The van der Waals surface area contributed by atoms with Gasteiger partial charge in [-0.3, -0.25) is 14.4 Å². The fraction of sp³-hybridized carbons (Fsp3) is 0.267. The summed E-state index contributed by atoms with van der Waals surface area (Å²) < 4.78 is 5.39. The summed E-state index contributed by atoms with van der Waals surface area (Å²) in [6, 6.07) is 28.9. The third-order valence-corrected chi connectivity index (χ3v) is 9.53. The van der Waals surface area contributed by atoms with E-state index in [0.717, 1.165) is 33.4 Å². The molecule has 0 aliphatic rings. The minimum absolute atomic E-state index is 0.0866. The number of nitrogens with one attached hydrogen (secondary N) is 3. The first-order valence-corrected chi connectivity index (χ1v) is 20.3. The number of rotatable bonds is 18. The highest BCUT2D eigenvalue weighted by atomic mass is 16.2. The molecule has 0 radical (unpaired) electrons. The molecule has 0 aliphatic heterocycles. The Bertz CT molecular complexity index is 2340. The highest BCUT2D eigenvalue weighted by Gasteiger charge is 2.13. The van der Waals surface area contributed by atoms with Crippen LogP contribution < -0.4 is 16.0 Å². The Balaban J connectivity index is 1.08. The zero-order valence-corrected chi connectivity index (χ0v) is 36.2. The number of carbonyl (C=O) groups is 3. The molecule has 4 aromatic carbocycles. The molecule has 7 rings (SSSR count). The van der Waals surface area contributed by atoms with Gasteiger partial charge >= 0.3 is 0 Å². The summed E-state index contributed by atoms with van der Waals surface area (Å²) in [5.74, 6) is -0.260. The van der Waals surface area contributed by atoms with Gasteiger partial charge in [0.2, 0.25) is 17.7 Å². The topological polar surface area (TPSA) is 189 Å². The Hall–Kier alpha value is -7.41. The third kappa shape index (κ3) is 12.6. The molecule has 3 amide bonds. The molecule has 3 heterocycles. The monoisotopic (exact) mass is 849 g/mol. The fourth-order valence-corrected chi connectivity index (χ4v) is 6.83. The van der Waals surface area contributed by atoms with Crippen LogP contribution in [0.15, 0.2) is 110 Å². The van der Waals surface area contributed by atoms with Gasteiger partial charge in [-0.25, -0.2) is 14.0 Å². The summed E-state index contributed by atoms with van der Waals surface area (Å²) in [5, 5.41) is 35.4. The van der Waals surface area contributed by atoms with Crippen molar-refractivity contribution in [3.8, 4) is 33.8 Å². The molecule has 3 aromatic heterocycles. The molecular weight excluding hydrogens is 799 g/mol. The standard InChI is InChI=1S/C45H51N15O3/c1-55(2)28-43(61)46-37-13-7-34(8-14-37)40-25-58(52-49-40)22-31-19-32(23-59-26-41(50-53-59)35-9-15-38(16-10-35)47-44(62)29-56(3)4)21-33(20-31)24-60-27-42(51-54-60)36-11-17-39(18-12-36)48-45(63)30-57(5)6/h7-21,25-27H,22-24,28-30H2,1-6H3,(H,46,61)(H,47,62)(H,48,63). The quantitative estimate of drug-likeness (QED) is 0.112. The molecule has 18 nitrogen and oxygen atoms in total. The van der Waals surface area contributed by atoms with Gasteiger partial charge < -0.3 is 30.7 Å². The number of amides is 3. The van der Waals surface area contributed by atoms with Gasteiger partial charge in [-0.05, 0) is 95.4 Å². The summed E-state index contributed by atoms with van der Waals surface area (Å²) in [4.78, 5) is 42.1. The molecule has 0 fully saturated rings. The van der Waals surface area contributed by atoms with E-state index < -0.39 is 0 Å². The Kier molecular flexibility index (Phi) is 13.8. The van der Waals surface area contributed by atoms with E-state index in [4.69, 9.17) is 0 Å². The number of carbonyl (C=O) groups excluding carboxylic acids is 3. The van der Waals surface area contributed by atoms with E-state index in [1.165, 1.54) is 0 Å². The Morgan fingerprint density at radius 1 is 0.429 bits per heavy atom.